The zero-order chi connectivity index (χ0) is 16.8. The minimum atomic E-state index is -0.237. The number of ether oxygens (including phenoxy) is 1. The lowest BCUT2D eigenvalue weighted by atomic mass is 10.3. The summed E-state index contributed by atoms with van der Waals surface area (Å²) in [6.07, 6.45) is 3.60. The van der Waals surface area contributed by atoms with E-state index in [9.17, 15) is 4.79 Å². The molecule has 24 heavy (non-hydrogen) atoms. The van der Waals surface area contributed by atoms with Crippen LogP contribution in [0.3, 0.4) is 0 Å². The number of carbonyl (C=O) groups excluding carboxylic acids is 1. The normalized spacial score (nSPS) is 10.5. The van der Waals surface area contributed by atoms with Gasteiger partial charge >= 0.3 is 0 Å². The highest BCUT2D eigenvalue weighted by Crippen LogP contribution is 2.09. The molecule has 0 aliphatic heterocycles. The van der Waals surface area contributed by atoms with E-state index in [-0.39, 0.29) is 12.6 Å². The molecule has 124 valence electrons. The van der Waals surface area contributed by atoms with E-state index in [0.29, 0.717) is 12.2 Å². The maximum atomic E-state index is 12.1. The summed E-state index contributed by atoms with van der Waals surface area (Å²) in [4.78, 5) is 12.1. The molecule has 0 saturated carbocycles. The Bertz CT molecular complexity index is 794. The van der Waals surface area contributed by atoms with Crippen LogP contribution in [0.1, 0.15) is 23.1 Å². The zero-order valence-electron chi connectivity index (χ0n) is 13.4. The number of hydrogen-bond donors (Lipinski definition) is 1. The minimum Gasteiger partial charge on any atom is -0.471 e. The molecule has 1 aromatic carbocycles. The fourth-order valence-corrected chi connectivity index (χ4v) is 2.15. The summed E-state index contributed by atoms with van der Waals surface area (Å²) in [7, 11) is 0. The molecular weight excluding hydrogens is 306 g/mol. The van der Waals surface area contributed by atoms with Crippen LogP contribution < -0.4 is 10.1 Å². The van der Waals surface area contributed by atoms with Crippen LogP contribution in [0.25, 0.3) is 0 Å². The molecule has 1 N–H and O–H groups in total. The summed E-state index contributed by atoms with van der Waals surface area (Å²) in [6, 6.07) is 13.0. The Morgan fingerprint density at radius 2 is 1.88 bits per heavy atom. The van der Waals surface area contributed by atoms with E-state index in [1.807, 2.05) is 54.2 Å². The van der Waals surface area contributed by atoms with Crippen LogP contribution in [0.4, 0.5) is 0 Å². The first-order valence-electron chi connectivity index (χ1n) is 7.76. The topological polar surface area (TPSA) is 74.0 Å². The molecule has 7 nitrogen and oxygen atoms in total. The molecular formula is C17H19N5O2. The SMILES string of the molecule is CCn1ccc(CNC(=O)c2ccn(COc3ccccc3)n2)n1. The molecule has 0 saturated heterocycles. The predicted octanol–water partition coefficient (Wildman–Crippen LogP) is 2.07. The molecule has 1 amide bonds. The summed E-state index contributed by atoms with van der Waals surface area (Å²) >= 11 is 0. The molecule has 0 radical (unpaired) electrons. The number of amides is 1. The fraction of sp³-hybridized carbons (Fsp3) is 0.235. The molecule has 0 aliphatic carbocycles. The van der Waals surface area contributed by atoms with Gasteiger partial charge in [-0.25, -0.2) is 4.68 Å². The first kappa shape index (κ1) is 15.8. The number of rotatable bonds is 7. The molecule has 0 atom stereocenters. The molecule has 3 aromatic rings. The Morgan fingerprint density at radius 1 is 1.08 bits per heavy atom. The molecule has 0 bridgehead atoms. The monoisotopic (exact) mass is 325 g/mol. The number of hydrogen-bond acceptors (Lipinski definition) is 4. The van der Waals surface area contributed by atoms with Crippen molar-refractivity contribution in [2.75, 3.05) is 0 Å². The van der Waals surface area contributed by atoms with Crippen LogP contribution in [-0.4, -0.2) is 25.5 Å². The Labute approximate surface area is 139 Å². The summed E-state index contributed by atoms with van der Waals surface area (Å²) in [5, 5.41) is 11.3. The maximum Gasteiger partial charge on any atom is 0.272 e. The number of nitrogens with zero attached hydrogens (tertiary/aromatic N) is 4. The summed E-state index contributed by atoms with van der Waals surface area (Å²) < 4.78 is 8.98. The zero-order valence-corrected chi connectivity index (χ0v) is 13.4. The fourth-order valence-electron chi connectivity index (χ4n) is 2.15. The van der Waals surface area contributed by atoms with Crippen LogP contribution in [0.2, 0.25) is 0 Å². The van der Waals surface area contributed by atoms with Gasteiger partial charge in [-0.2, -0.15) is 10.2 Å². The average Bonchev–Trinajstić information content (AvgIpc) is 3.28. The summed E-state index contributed by atoms with van der Waals surface area (Å²) in [5.74, 6) is 0.519. The van der Waals surface area contributed by atoms with Gasteiger partial charge in [0.05, 0.1) is 12.2 Å². The Hall–Kier alpha value is -3.09. The van der Waals surface area contributed by atoms with E-state index in [0.717, 1.165) is 18.0 Å². The van der Waals surface area contributed by atoms with Crippen LogP contribution >= 0.6 is 0 Å². The van der Waals surface area contributed by atoms with Gasteiger partial charge < -0.3 is 10.1 Å². The quantitative estimate of drug-likeness (QED) is 0.721. The van der Waals surface area contributed by atoms with Crippen molar-refractivity contribution in [2.45, 2.75) is 26.7 Å². The summed E-state index contributed by atoms with van der Waals surface area (Å²) in [6.45, 7) is 3.44. The van der Waals surface area contributed by atoms with Gasteiger partial charge in [-0.05, 0) is 31.2 Å². The first-order valence-corrected chi connectivity index (χ1v) is 7.76. The van der Waals surface area contributed by atoms with Gasteiger partial charge in [-0.15, -0.1) is 0 Å². The maximum absolute atomic E-state index is 12.1. The second kappa shape index (κ2) is 7.45. The van der Waals surface area contributed by atoms with Gasteiger partial charge in [-0.1, -0.05) is 18.2 Å². The molecule has 0 spiro atoms. The first-order chi connectivity index (χ1) is 11.7. The second-order valence-electron chi connectivity index (χ2n) is 5.17. The lowest BCUT2D eigenvalue weighted by Crippen LogP contribution is -2.24. The molecule has 2 aromatic heterocycles. The lowest BCUT2D eigenvalue weighted by Gasteiger charge is -2.05. The average molecular weight is 325 g/mol. The Morgan fingerprint density at radius 3 is 2.62 bits per heavy atom. The third-order valence-electron chi connectivity index (χ3n) is 3.43. The number of carbonyl (C=O) groups is 1. The number of aryl methyl sites for hydroxylation is 1. The molecule has 0 aliphatic rings. The van der Waals surface area contributed by atoms with Crippen LogP contribution in [0.15, 0.2) is 54.9 Å². The van der Waals surface area contributed by atoms with Crippen LogP contribution in [0.5, 0.6) is 5.75 Å². The van der Waals surface area contributed by atoms with Crippen molar-refractivity contribution < 1.29 is 9.53 Å². The highest BCUT2D eigenvalue weighted by atomic mass is 16.5. The molecule has 0 fully saturated rings. The van der Waals surface area contributed by atoms with Gasteiger partial charge in [0.15, 0.2) is 6.73 Å². The van der Waals surface area contributed by atoms with Crippen molar-refractivity contribution in [1.82, 2.24) is 24.9 Å². The van der Waals surface area contributed by atoms with Gasteiger partial charge in [0.2, 0.25) is 0 Å². The highest BCUT2D eigenvalue weighted by molar-refractivity contribution is 5.92. The van der Waals surface area contributed by atoms with Crippen molar-refractivity contribution >= 4 is 5.91 Å². The van der Waals surface area contributed by atoms with Crippen LogP contribution in [-0.2, 0) is 19.8 Å². The molecule has 7 heteroatoms. The van der Waals surface area contributed by atoms with E-state index in [1.54, 1.807) is 16.9 Å². The van der Waals surface area contributed by atoms with E-state index < -0.39 is 0 Å². The largest absolute Gasteiger partial charge is 0.471 e. The highest BCUT2D eigenvalue weighted by Gasteiger charge is 2.10. The van der Waals surface area contributed by atoms with Gasteiger partial charge in [0, 0.05) is 18.9 Å². The smallest absolute Gasteiger partial charge is 0.272 e. The number of aromatic nitrogens is 4. The van der Waals surface area contributed by atoms with Gasteiger partial charge in [0.25, 0.3) is 5.91 Å². The second-order valence-corrected chi connectivity index (χ2v) is 5.17. The van der Waals surface area contributed by atoms with E-state index >= 15 is 0 Å². The summed E-state index contributed by atoms with van der Waals surface area (Å²) in [5.41, 5.74) is 1.17. The third kappa shape index (κ3) is 4.01. The van der Waals surface area contributed by atoms with Gasteiger partial charge in [0.1, 0.15) is 11.4 Å². The minimum absolute atomic E-state index is 0.237. The van der Waals surface area contributed by atoms with Crippen LogP contribution in [0, 0.1) is 0 Å². The van der Waals surface area contributed by atoms with Crippen molar-refractivity contribution in [3.8, 4) is 5.75 Å². The third-order valence-corrected chi connectivity index (χ3v) is 3.43. The van der Waals surface area contributed by atoms with Crippen molar-refractivity contribution in [1.29, 1.82) is 0 Å². The predicted molar refractivity (Wildman–Crippen MR) is 88.4 cm³/mol. The molecule has 0 unspecified atom stereocenters. The number of nitrogens with one attached hydrogen (secondary N) is 1. The number of para-hydroxylation sites is 1. The lowest BCUT2D eigenvalue weighted by molar-refractivity contribution is 0.0943. The van der Waals surface area contributed by atoms with Crippen molar-refractivity contribution in [2.24, 2.45) is 0 Å². The van der Waals surface area contributed by atoms with Gasteiger partial charge in [-0.3, -0.25) is 9.48 Å². The Balaban J connectivity index is 1.51. The molecule has 3 rings (SSSR count). The molecule has 2 heterocycles. The van der Waals surface area contributed by atoms with E-state index in [1.165, 1.54) is 0 Å². The van der Waals surface area contributed by atoms with E-state index in [2.05, 4.69) is 15.5 Å². The number of benzene rings is 1. The standard InChI is InChI=1S/C17H19N5O2/c1-2-21-10-8-14(19-21)12-18-17(23)16-9-11-22(20-16)13-24-15-6-4-3-5-7-15/h3-11H,2,12-13H2,1H3,(H,18,23). The van der Waals surface area contributed by atoms with Crippen molar-refractivity contribution in [3.05, 3.63) is 66.2 Å². The van der Waals surface area contributed by atoms with Crippen molar-refractivity contribution in [3.63, 3.8) is 0 Å². The van der Waals surface area contributed by atoms with E-state index in [4.69, 9.17) is 4.74 Å². The Kier molecular flexibility index (Phi) is 4.90.